The zero-order valence-electron chi connectivity index (χ0n) is 24.5. The first-order chi connectivity index (χ1) is 22.7. The zero-order valence-corrected chi connectivity index (χ0v) is 26.1. The first-order valence-electron chi connectivity index (χ1n) is 15.4. The van der Waals surface area contributed by atoms with Gasteiger partial charge in [0.25, 0.3) is 0 Å². The van der Waals surface area contributed by atoms with Crippen molar-refractivity contribution >= 4 is 37.9 Å². The van der Waals surface area contributed by atoms with Crippen molar-refractivity contribution in [2.24, 2.45) is 0 Å². The number of rotatable bonds is 3. The highest BCUT2D eigenvalue weighted by atomic mass is 79.9. The van der Waals surface area contributed by atoms with Crippen molar-refractivity contribution in [3.05, 3.63) is 185 Å². The predicted octanol–water partition coefficient (Wildman–Crippen LogP) is 9.80. The second-order valence-electron chi connectivity index (χ2n) is 12.0. The number of para-hydroxylation sites is 2. The van der Waals surface area contributed by atoms with E-state index in [0.717, 1.165) is 33.1 Å². The van der Waals surface area contributed by atoms with Crippen LogP contribution in [-0.4, -0.2) is 15.0 Å². The maximum atomic E-state index is 6.50. The molecule has 11 rings (SSSR count). The van der Waals surface area contributed by atoms with Crippen molar-refractivity contribution in [1.29, 1.82) is 0 Å². The minimum absolute atomic E-state index is 0.490. The number of alkyl halides is 1. The molecule has 0 fully saturated rings. The molecule has 0 saturated carbocycles. The summed E-state index contributed by atoms with van der Waals surface area (Å²) in [7, 11) is 0. The lowest BCUT2D eigenvalue weighted by Crippen LogP contribution is -2.49. The molecule has 2 aromatic heterocycles. The molecule has 6 aromatic carbocycles. The summed E-state index contributed by atoms with van der Waals surface area (Å²) in [5.41, 5.74) is 9.71. The maximum Gasteiger partial charge on any atom is 0.167 e. The normalized spacial score (nSPS) is 19.2. The van der Waals surface area contributed by atoms with Gasteiger partial charge in [-0.2, -0.15) is 0 Å². The van der Waals surface area contributed by atoms with Crippen molar-refractivity contribution in [3.8, 4) is 22.8 Å². The number of fused-ring (bicyclic) bond motifs is 3. The highest BCUT2D eigenvalue weighted by Gasteiger charge is 2.60. The molecule has 5 heteroatoms. The van der Waals surface area contributed by atoms with Crippen molar-refractivity contribution in [2.45, 2.75) is 9.74 Å². The lowest BCUT2D eigenvalue weighted by atomic mass is 9.52. The number of hydrogen-bond acceptors (Lipinski definition) is 4. The standard InChI is InChI=1S/C41H24BrN3O/c42-41-32-21-8-5-18-29(32)40(30-19-6-9-22-33(30)41,31-20-7-10-23-34(31)41)39-44-37(25-13-2-1-3-14-25)43-38(45-39)28-17-12-16-27-26-15-4-11-24-35(26)46-36(27)28/h1-24H. The van der Waals surface area contributed by atoms with Gasteiger partial charge in [0, 0.05) is 16.3 Å². The molecule has 46 heavy (non-hydrogen) atoms. The molecule has 0 radical (unpaired) electrons. The van der Waals surface area contributed by atoms with Crippen LogP contribution in [-0.2, 0) is 9.74 Å². The van der Waals surface area contributed by atoms with Crippen LogP contribution in [0.2, 0.25) is 0 Å². The third-order valence-corrected chi connectivity index (χ3v) is 11.0. The average Bonchev–Trinajstić information content (AvgIpc) is 3.51. The van der Waals surface area contributed by atoms with E-state index in [1.165, 1.54) is 33.4 Å². The number of furan rings is 1. The Kier molecular flexibility index (Phi) is 5.24. The summed E-state index contributed by atoms with van der Waals surface area (Å²) >= 11 is 4.31. The Morgan fingerprint density at radius 2 is 0.978 bits per heavy atom. The van der Waals surface area contributed by atoms with Crippen LogP contribution in [0.3, 0.4) is 0 Å². The Morgan fingerprint density at radius 1 is 0.457 bits per heavy atom. The SMILES string of the molecule is BrC12c3ccccc3C(c3nc(-c4ccccc4)nc(-c4cccc5c4oc4ccccc45)n3)(c3ccccc31)c1ccccc12. The van der Waals surface area contributed by atoms with Gasteiger partial charge < -0.3 is 4.42 Å². The highest BCUT2D eigenvalue weighted by Crippen LogP contribution is 2.65. The van der Waals surface area contributed by atoms with Gasteiger partial charge in [0.15, 0.2) is 17.5 Å². The number of aromatic nitrogens is 3. The van der Waals surface area contributed by atoms with E-state index in [1.54, 1.807) is 0 Å². The monoisotopic (exact) mass is 653 g/mol. The molecule has 4 nitrogen and oxygen atoms in total. The van der Waals surface area contributed by atoms with E-state index < -0.39 is 9.74 Å². The molecule has 0 atom stereocenters. The lowest BCUT2D eigenvalue weighted by molar-refractivity contribution is 0.578. The molecular weight excluding hydrogens is 630 g/mol. The van der Waals surface area contributed by atoms with Gasteiger partial charge in [-0.3, -0.25) is 0 Å². The Balaban J connectivity index is 1.36. The van der Waals surface area contributed by atoms with E-state index in [1.807, 2.05) is 36.4 Å². The van der Waals surface area contributed by atoms with Crippen LogP contribution in [0.1, 0.15) is 39.2 Å². The van der Waals surface area contributed by atoms with Gasteiger partial charge in [-0.1, -0.05) is 149 Å². The minimum Gasteiger partial charge on any atom is -0.455 e. The summed E-state index contributed by atoms with van der Waals surface area (Å²) < 4.78 is 6.01. The first-order valence-corrected chi connectivity index (χ1v) is 16.2. The first kappa shape index (κ1) is 25.9. The number of benzene rings is 6. The van der Waals surface area contributed by atoms with Gasteiger partial charge in [0.2, 0.25) is 0 Å². The maximum absolute atomic E-state index is 6.50. The van der Waals surface area contributed by atoms with E-state index in [9.17, 15) is 0 Å². The number of halogens is 1. The molecule has 0 unspecified atom stereocenters. The highest BCUT2D eigenvalue weighted by molar-refractivity contribution is 9.10. The fourth-order valence-electron chi connectivity index (χ4n) is 7.87. The summed E-state index contributed by atoms with van der Waals surface area (Å²) in [5.74, 6) is 1.89. The molecule has 0 amide bonds. The fraction of sp³-hybridized carbons (Fsp3) is 0.0488. The summed E-state index contributed by atoms with van der Waals surface area (Å²) in [4.78, 5) is 16.0. The van der Waals surface area contributed by atoms with Crippen molar-refractivity contribution < 1.29 is 4.42 Å². The lowest BCUT2D eigenvalue weighted by Gasteiger charge is -2.53. The third-order valence-electron chi connectivity index (χ3n) is 9.75. The van der Waals surface area contributed by atoms with Crippen LogP contribution in [0, 0.1) is 0 Å². The van der Waals surface area contributed by atoms with Crippen molar-refractivity contribution in [2.75, 3.05) is 0 Å². The number of hydrogen-bond donors (Lipinski definition) is 0. The van der Waals surface area contributed by atoms with E-state index >= 15 is 0 Å². The molecule has 0 N–H and O–H groups in total. The predicted molar refractivity (Wildman–Crippen MR) is 185 cm³/mol. The third kappa shape index (κ3) is 3.20. The summed E-state index contributed by atoms with van der Waals surface area (Å²) in [6.07, 6.45) is 0. The smallest absolute Gasteiger partial charge is 0.167 e. The van der Waals surface area contributed by atoms with E-state index in [2.05, 4.69) is 125 Å². The molecule has 0 aliphatic heterocycles. The van der Waals surface area contributed by atoms with Gasteiger partial charge >= 0.3 is 0 Å². The molecule has 2 heterocycles. The van der Waals surface area contributed by atoms with Gasteiger partial charge in [0.1, 0.15) is 20.9 Å². The average molecular weight is 655 g/mol. The van der Waals surface area contributed by atoms with E-state index in [0.29, 0.717) is 17.5 Å². The Hall–Kier alpha value is -5.39. The topological polar surface area (TPSA) is 51.8 Å². The molecule has 3 aliphatic rings. The second kappa shape index (κ2) is 9.32. The molecular formula is C41H24BrN3O. The zero-order chi connectivity index (χ0) is 30.5. The van der Waals surface area contributed by atoms with Crippen LogP contribution in [0.15, 0.2) is 150 Å². The van der Waals surface area contributed by atoms with Crippen molar-refractivity contribution in [1.82, 2.24) is 15.0 Å². The summed E-state index contributed by atoms with van der Waals surface area (Å²) in [6.45, 7) is 0. The fourth-order valence-corrected chi connectivity index (χ4v) is 8.90. The quantitative estimate of drug-likeness (QED) is 0.178. The molecule has 0 saturated heterocycles. The Labute approximate surface area is 273 Å². The Bertz CT molecular complexity index is 2400. The second-order valence-corrected chi connectivity index (χ2v) is 13.2. The van der Waals surface area contributed by atoms with Gasteiger partial charge in [-0.15, -0.1) is 0 Å². The van der Waals surface area contributed by atoms with Crippen LogP contribution in [0.5, 0.6) is 0 Å². The number of nitrogens with zero attached hydrogens (tertiary/aromatic N) is 3. The molecule has 216 valence electrons. The van der Waals surface area contributed by atoms with Gasteiger partial charge in [0.05, 0.1) is 5.56 Å². The van der Waals surface area contributed by atoms with Crippen molar-refractivity contribution in [3.63, 3.8) is 0 Å². The molecule has 8 aromatic rings. The van der Waals surface area contributed by atoms with Crippen LogP contribution in [0.25, 0.3) is 44.7 Å². The summed E-state index contributed by atoms with van der Waals surface area (Å²) in [6, 6.07) is 50.7. The van der Waals surface area contributed by atoms with Crippen LogP contribution in [0.4, 0.5) is 0 Å². The van der Waals surface area contributed by atoms with Gasteiger partial charge in [-0.25, -0.2) is 15.0 Å². The molecule has 0 spiro atoms. The molecule has 2 bridgehead atoms. The summed E-state index contributed by atoms with van der Waals surface area (Å²) in [5, 5.41) is 2.11. The molecule has 3 aliphatic carbocycles. The van der Waals surface area contributed by atoms with E-state index in [-0.39, 0.29) is 0 Å². The Morgan fingerprint density at radius 3 is 1.63 bits per heavy atom. The van der Waals surface area contributed by atoms with E-state index in [4.69, 9.17) is 19.4 Å². The largest absolute Gasteiger partial charge is 0.455 e. The van der Waals surface area contributed by atoms with Crippen LogP contribution >= 0.6 is 15.9 Å². The van der Waals surface area contributed by atoms with Gasteiger partial charge in [-0.05, 0) is 45.5 Å². The van der Waals surface area contributed by atoms with Crippen LogP contribution < -0.4 is 0 Å². The minimum atomic E-state index is -0.776.